The summed E-state index contributed by atoms with van der Waals surface area (Å²) in [6, 6.07) is 3.24. The van der Waals surface area contributed by atoms with Crippen LogP contribution < -0.4 is 16.2 Å². The Kier molecular flexibility index (Phi) is 3.53. The molecule has 0 unspecified atom stereocenters. The minimum atomic E-state index is -0.507. The van der Waals surface area contributed by atoms with E-state index in [0.717, 1.165) is 6.42 Å². The predicted octanol–water partition coefficient (Wildman–Crippen LogP) is 1.90. The fourth-order valence-corrected chi connectivity index (χ4v) is 1.63. The number of aromatic nitrogens is 1. The molecule has 0 bridgehead atoms. The van der Waals surface area contributed by atoms with Gasteiger partial charge in [-0.3, -0.25) is 4.98 Å². The molecule has 2 rings (SSSR count). The molecule has 19 heavy (non-hydrogen) atoms. The molecule has 1 aromatic heterocycles. The SMILES string of the molecule is COC(C)(C)CCOc1cc2[nH]c(=O)oc2cc1N. The van der Waals surface area contributed by atoms with Crippen molar-refractivity contribution in [3.05, 3.63) is 22.7 Å². The van der Waals surface area contributed by atoms with Crippen molar-refractivity contribution >= 4 is 16.8 Å². The molecule has 0 radical (unpaired) electrons. The van der Waals surface area contributed by atoms with Gasteiger partial charge >= 0.3 is 5.76 Å². The van der Waals surface area contributed by atoms with Gasteiger partial charge in [0.25, 0.3) is 0 Å². The molecule has 0 fully saturated rings. The average molecular weight is 266 g/mol. The van der Waals surface area contributed by atoms with Gasteiger partial charge in [-0.2, -0.15) is 0 Å². The van der Waals surface area contributed by atoms with Crippen LogP contribution in [0.15, 0.2) is 21.3 Å². The number of H-pyrrole nitrogens is 1. The van der Waals surface area contributed by atoms with E-state index in [1.807, 2.05) is 13.8 Å². The lowest BCUT2D eigenvalue weighted by atomic mass is 10.1. The number of fused-ring (bicyclic) bond motifs is 1. The Bertz CT molecular complexity index is 627. The van der Waals surface area contributed by atoms with Crippen LogP contribution in [-0.4, -0.2) is 24.3 Å². The van der Waals surface area contributed by atoms with Gasteiger partial charge in [0.05, 0.1) is 23.4 Å². The van der Waals surface area contributed by atoms with Crippen LogP contribution in [0, 0.1) is 0 Å². The van der Waals surface area contributed by atoms with Gasteiger partial charge in [0, 0.05) is 25.7 Å². The lowest BCUT2D eigenvalue weighted by Gasteiger charge is -2.22. The third-order valence-corrected chi connectivity index (χ3v) is 3.07. The van der Waals surface area contributed by atoms with Crippen molar-refractivity contribution in [2.24, 2.45) is 0 Å². The van der Waals surface area contributed by atoms with Gasteiger partial charge in [-0.25, -0.2) is 4.79 Å². The van der Waals surface area contributed by atoms with E-state index in [1.54, 1.807) is 19.2 Å². The van der Waals surface area contributed by atoms with Crippen LogP contribution in [0.2, 0.25) is 0 Å². The summed E-state index contributed by atoms with van der Waals surface area (Å²) in [4.78, 5) is 13.6. The summed E-state index contributed by atoms with van der Waals surface area (Å²) in [5.74, 6) is 0.0171. The van der Waals surface area contributed by atoms with E-state index in [9.17, 15) is 4.79 Å². The molecule has 104 valence electrons. The summed E-state index contributed by atoms with van der Waals surface area (Å²) < 4.78 is 15.8. The number of nitrogens with one attached hydrogen (secondary N) is 1. The summed E-state index contributed by atoms with van der Waals surface area (Å²) in [5, 5.41) is 0. The molecule has 0 aliphatic rings. The summed E-state index contributed by atoms with van der Waals surface area (Å²) in [6.45, 7) is 4.44. The van der Waals surface area contributed by atoms with Gasteiger partial charge in [0.1, 0.15) is 5.75 Å². The molecule has 3 N–H and O–H groups in total. The van der Waals surface area contributed by atoms with Gasteiger partial charge in [-0.15, -0.1) is 0 Å². The molecule has 0 spiro atoms. The number of benzene rings is 1. The Morgan fingerprint density at radius 3 is 2.84 bits per heavy atom. The zero-order chi connectivity index (χ0) is 14.0. The maximum atomic E-state index is 11.1. The molecule has 0 atom stereocenters. The third-order valence-electron chi connectivity index (χ3n) is 3.07. The first kappa shape index (κ1) is 13.5. The first-order valence-electron chi connectivity index (χ1n) is 6.01. The van der Waals surface area contributed by atoms with E-state index < -0.39 is 5.76 Å². The van der Waals surface area contributed by atoms with E-state index in [0.29, 0.717) is 29.1 Å². The summed E-state index contributed by atoms with van der Waals surface area (Å²) in [6.07, 6.45) is 0.725. The quantitative estimate of drug-likeness (QED) is 0.806. The Labute approximate surface area is 110 Å². The molecular weight excluding hydrogens is 248 g/mol. The van der Waals surface area contributed by atoms with Crippen molar-refractivity contribution in [1.82, 2.24) is 4.98 Å². The number of nitrogens with two attached hydrogens (primary N) is 1. The number of oxazole rings is 1. The standard InChI is InChI=1S/C13H18N2O4/c1-13(2,17-3)4-5-18-10-7-9-11(6-8(10)14)19-12(16)15-9/h6-7H,4-5,14H2,1-3H3,(H,15,16). The van der Waals surface area contributed by atoms with Crippen LogP contribution in [-0.2, 0) is 4.74 Å². The highest BCUT2D eigenvalue weighted by Gasteiger charge is 2.16. The zero-order valence-electron chi connectivity index (χ0n) is 11.3. The fourth-order valence-electron chi connectivity index (χ4n) is 1.63. The van der Waals surface area contributed by atoms with E-state index in [4.69, 9.17) is 19.6 Å². The van der Waals surface area contributed by atoms with Gasteiger partial charge in [-0.05, 0) is 13.8 Å². The second-order valence-electron chi connectivity index (χ2n) is 4.96. The van der Waals surface area contributed by atoms with Crippen LogP contribution in [0.25, 0.3) is 11.1 Å². The second kappa shape index (κ2) is 4.97. The Balaban J connectivity index is 2.12. The molecular formula is C13H18N2O4. The number of hydrogen-bond acceptors (Lipinski definition) is 5. The number of methoxy groups -OCH3 is 1. The number of nitrogen functional groups attached to an aromatic ring is 1. The first-order valence-corrected chi connectivity index (χ1v) is 6.01. The molecule has 0 saturated carbocycles. The summed E-state index contributed by atoms with van der Waals surface area (Å²) in [5.41, 5.74) is 7.03. The maximum Gasteiger partial charge on any atom is 0.417 e. The molecule has 6 nitrogen and oxygen atoms in total. The number of anilines is 1. The van der Waals surface area contributed by atoms with Gasteiger partial charge < -0.3 is 19.6 Å². The smallest absolute Gasteiger partial charge is 0.417 e. The van der Waals surface area contributed by atoms with Crippen molar-refractivity contribution in [1.29, 1.82) is 0 Å². The molecule has 0 amide bonds. The van der Waals surface area contributed by atoms with Crippen molar-refractivity contribution in [2.75, 3.05) is 19.5 Å². The number of aromatic amines is 1. The maximum absolute atomic E-state index is 11.1. The minimum Gasteiger partial charge on any atom is -0.491 e. The largest absolute Gasteiger partial charge is 0.491 e. The van der Waals surface area contributed by atoms with Gasteiger partial charge in [0.15, 0.2) is 5.58 Å². The Morgan fingerprint density at radius 1 is 1.42 bits per heavy atom. The van der Waals surface area contributed by atoms with Crippen molar-refractivity contribution in [3.8, 4) is 5.75 Å². The third kappa shape index (κ3) is 3.08. The average Bonchev–Trinajstić information content (AvgIpc) is 2.68. The Hall–Kier alpha value is -1.95. The number of ether oxygens (including phenoxy) is 2. The van der Waals surface area contributed by atoms with E-state index in [-0.39, 0.29) is 5.60 Å². The lowest BCUT2D eigenvalue weighted by molar-refractivity contribution is 0.00552. The molecule has 0 saturated heterocycles. The van der Waals surface area contributed by atoms with E-state index in [1.165, 1.54) is 0 Å². The van der Waals surface area contributed by atoms with E-state index >= 15 is 0 Å². The second-order valence-corrected chi connectivity index (χ2v) is 4.96. The van der Waals surface area contributed by atoms with Crippen LogP contribution in [0.1, 0.15) is 20.3 Å². The highest BCUT2D eigenvalue weighted by molar-refractivity contribution is 5.80. The van der Waals surface area contributed by atoms with Crippen LogP contribution in [0.3, 0.4) is 0 Å². The van der Waals surface area contributed by atoms with E-state index in [2.05, 4.69) is 4.98 Å². The molecule has 2 aromatic rings. The molecule has 6 heteroatoms. The van der Waals surface area contributed by atoms with Gasteiger partial charge in [-0.1, -0.05) is 0 Å². The van der Waals surface area contributed by atoms with Crippen molar-refractivity contribution in [2.45, 2.75) is 25.9 Å². The van der Waals surface area contributed by atoms with Crippen molar-refractivity contribution < 1.29 is 13.9 Å². The van der Waals surface area contributed by atoms with Crippen molar-refractivity contribution in [3.63, 3.8) is 0 Å². The number of hydrogen-bond donors (Lipinski definition) is 2. The minimum absolute atomic E-state index is 0.247. The summed E-state index contributed by atoms with van der Waals surface area (Å²) in [7, 11) is 1.66. The monoisotopic (exact) mass is 266 g/mol. The van der Waals surface area contributed by atoms with Crippen LogP contribution in [0.4, 0.5) is 5.69 Å². The van der Waals surface area contributed by atoms with Crippen LogP contribution in [0.5, 0.6) is 5.75 Å². The molecule has 0 aliphatic carbocycles. The molecule has 1 heterocycles. The normalized spacial score (nSPS) is 11.9. The highest BCUT2D eigenvalue weighted by Crippen LogP contribution is 2.27. The van der Waals surface area contributed by atoms with Gasteiger partial charge in [0.2, 0.25) is 0 Å². The Morgan fingerprint density at radius 2 is 2.16 bits per heavy atom. The van der Waals surface area contributed by atoms with Crippen LogP contribution >= 0.6 is 0 Å². The zero-order valence-corrected chi connectivity index (χ0v) is 11.3. The fraction of sp³-hybridized carbons (Fsp3) is 0.462. The highest BCUT2D eigenvalue weighted by atomic mass is 16.5. The predicted molar refractivity (Wildman–Crippen MR) is 72.4 cm³/mol. The number of rotatable bonds is 5. The lowest BCUT2D eigenvalue weighted by Crippen LogP contribution is -2.25. The first-order chi connectivity index (χ1) is 8.91. The molecule has 1 aromatic carbocycles. The topological polar surface area (TPSA) is 90.5 Å². The molecule has 0 aliphatic heterocycles. The summed E-state index contributed by atoms with van der Waals surface area (Å²) >= 11 is 0.